The van der Waals surface area contributed by atoms with Crippen molar-refractivity contribution in [1.82, 2.24) is 10.2 Å². The Morgan fingerprint density at radius 2 is 2.05 bits per heavy atom. The monoisotopic (exact) mass is 389 g/mol. The zero-order valence-electron chi connectivity index (χ0n) is 12.2. The lowest BCUT2D eigenvalue weighted by molar-refractivity contribution is 0.276. The number of para-hydroxylation sites is 1. The van der Waals surface area contributed by atoms with E-state index in [4.69, 9.17) is 4.74 Å². The van der Waals surface area contributed by atoms with Gasteiger partial charge in [-0.2, -0.15) is 0 Å². The van der Waals surface area contributed by atoms with Crippen LogP contribution in [0.4, 0.5) is 0 Å². The number of rotatable bonds is 5. The number of aliphatic imine (C=N–C) groups is 1. The topological polar surface area (TPSA) is 36.9 Å². The maximum atomic E-state index is 5.69. The van der Waals surface area contributed by atoms with Gasteiger partial charge in [0.2, 0.25) is 0 Å². The summed E-state index contributed by atoms with van der Waals surface area (Å²) in [5.74, 6) is 1.87. The fourth-order valence-corrected chi connectivity index (χ4v) is 2.00. The van der Waals surface area contributed by atoms with Crippen LogP contribution in [0.2, 0.25) is 0 Å². The minimum Gasteiger partial charge on any atom is -0.492 e. The van der Waals surface area contributed by atoms with E-state index in [2.05, 4.69) is 15.2 Å². The maximum Gasteiger partial charge on any atom is 0.193 e. The van der Waals surface area contributed by atoms with Crippen molar-refractivity contribution >= 4 is 29.9 Å². The van der Waals surface area contributed by atoms with E-state index in [1.807, 2.05) is 44.4 Å². The Balaban J connectivity index is 0.00000200. The number of likely N-dealkylation sites (N-methyl/N-ethyl adjacent to an activating group) is 1. The van der Waals surface area contributed by atoms with Crippen molar-refractivity contribution in [2.75, 3.05) is 27.2 Å². The van der Waals surface area contributed by atoms with Crippen molar-refractivity contribution in [2.45, 2.75) is 25.3 Å². The van der Waals surface area contributed by atoms with E-state index >= 15 is 0 Å². The summed E-state index contributed by atoms with van der Waals surface area (Å²) in [5, 5.41) is 3.47. The number of halogens is 1. The Labute approximate surface area is 138 Å². The Morgan fingerprint density at radius 3 is 2.60 bits per heavy atom. The van der Waals surface area contributed by atoms with E-state index < -0.39 is 0 Å². The van der Waals surface area contributed by atoms with Gasteiger partial charge in [0.05, 0.1) is 6.54 Å². The second-order valence-corrected chi connectivity index (χ2v) is 4.90. The molecule has 0 bridgehead atoms. The molecule has 1 fully saturated rings. The number of hydrogen-bond acceptors (Lipinski definition) is 2. The second-order valence-electron chi connectivity index (χ2n) is 4.90. The summed E-state index contributed by atoms with van der Waals surface area (Å²) in [6.07, 6.45) is 3.84. The molecule has 112 valence electrons. The molecule has 4 nitrogen and oxygen atoms in total. The van der Waals surface area contributed by atoms with Gasteiger partial charge < -0.3 is 15.0 Å². The highest BCUT2D eigenvalue weighted by atomic mass is 127. The van der Waals surface area contributed by atoms with Crippen LogP contribution < -0.4 is 10.1 Å². The molecule has 2 rings (SSSR count). The summed E-state index contributed by atoms with van der Waals surface area (Å²) in [5.41, 5.74) is 0. The standard InChI is InChI=1S/C15H23N3O.HI/c1-16-15(17-13-7-6-8-13)18(2)11-12-19-14-9-4-3-5-10-14;/h3-5,9-10,13H,6-8,11-12H2,1-2H3,(H,16,17);1H. The van der Waals surface area contributed by atoms with Gasteiger partial charge in [-0.3, -0.25) is 4.99 Å². The quantitative estimate of drug-likeness (QED) is 0.478. The Kier molecular flexibility index (Phi) is 7.72. The molecule has 0 atom stereocenters. The first-order chi connectivity index (χ1) is 9.29. The number of ether oxygens (including phenoxy) is 1. The van der Waals surface area contributed by atoms with Crippen molar-refractivity contribution in [3.63, 3.8) is 0 Å². The molecule has 0 heterocycles. The van der Waals surface area contributed by atoms with Crippen LogP contribution in [-0.4, -0.2) is 44.1 Å². The minimum absolute atomic E-state index is 0. The summed E-state index contributed by atoms with van der Waals surface area (Å²) < 4.78 is 5.69. The SMILES string of the molecule is CN=C(NC1CCC1)N(C)CCOc1ccccc1.I. The molecule has 1 aromatic rings. The van der Waals surface area contributed by atoms with Crippen molar-refractivity contribution in [3.8, 4) is 5.75 Å². The van der Waals surface area contributed by atoms with E-state index in [9.17, 15) is 0 Å². The number of hydrogen-bond donors (Lipinski definition) is 1. The van der Waals surface area contributed by atoms with Gasteiger partial charge in [0.1, 0.15) is 12.4 Å². The fraction of sp³-hybridized carbons (Fsp3) is 0.533. The highest BCUT2D eigenvalue weighted by molar-refractivity contribution is 14.0. The number of nitrogens with one attached hydrogen (secondary N) is 1. The summed E-state index contributed by atoms with van der Waals surface area (Å²) in [4.78, 5) is 6.42. The largest absolute Gasteiger partial charge is 0.492 e. The van der Waals surface area contributed by atoms with Gasteiger partial charge in [-0.15, -0.1) is 24.0 Å². The average molecular weight is 389 g/mol. The van der Waals surface area contributed by atoms with Crippen LogP contribution >= 0.6 is 24.0 Å². The van der Waals surface area contributed by atoms with E-state index in [1.165, 1.54) is 19.3 Å². The van der Waals surface area contributed by atoms with Crippen molar-refractivity contribution in [3.05, 3.63) is 30.3 Å². The van der Waals surface area contributed by atoms with Gasteiger partial charge >= 0.3 is 0 Å². The lowest BCUT2D eigenvalue weighted by atomic mass is 9.93. The Bertz CT molecular complexity index is 407. The molecule has 20 heavy (non-hydrogen) atoms. The number of nitrogens with zero attached hydrogens (tertiary/aromatic N) is 2. The predicted molar refractivity (Wildman–Crippen MR) is 94.1 cm³/mol. The molecule has 0 radical (unpaired) electrons. The molecule has 1 N–H and O–H groups in total. The lowest BCUT2D eigenvalue weighted by Gasteiger charge is -2.31. The highest BCUT2D eigenvalue weighted by Gasteiger charge is 2.19. The van der Waals surface area contributed by atoms with Crippen LogP contribution in [0.3, 0.4) is 0 Å². The molecule has 0 aliphatic heterocycles. The third kappa shape index (κ3) is 5.19. The van der Waals surface area contributed by atoms with Crippen LogP contribution in [0.25, 0.3) is 0 Å². The van der Waals surface area contributed by atoms with Crippen molar-refractivity contribution < 1.29 is 4.74 Å². The molecule has 0 saturated heterocycles. The summed E-state index contributed by atoms with van der Waals surface area (Å²) in [6.45, 7) is 1.48. The van der Waals surface area contributed by atoms with Crippen molar-refractivity contribution in [1.29, 1.82) is 0 Å². The first-order valence-corrected chi connectivity index (χ1v) is 6.92. The second kappa shape index (κ2) is 9.05. The molecular weight excluding hydrogens is 365 g/mol. The molecule has 5 heteroatoms. The van der Waals surface area contributed by atoms with Crippen LogP contribution in [0.5, 0.6) is 5.75 Å². The normalized spacial score (nSPS) is 15.0. The first-order valence-electron chi connectivity index (χ1n) is 6.92. The van der Waals surface area contributed by atoms with Gasteiger partial charge in [-0.1, -0.05) is 18.2 Å². The third-order valence-corrected chi connectivity index (χ3v) is 3.45. The lowest BCUT2D eigenvalue weighted by Crippen LogP contribution is -2.47. The van der Waals surface area contributed by atoms with E-state index in [0.717, 1.165) is 18.3 Å². The molecule has 1 aromatic carbocycles. The van der Waals surface area contributed by atoms with Crippen molar-refractivity contribution in [2.24, 2.45) is 4.99 Å². The van der Waals surface area contributed by atoms with E-state index in [-0.39, 0.29) is 24.0 Å². The van der Waals surface area contributed by atoms with Gasteiger partial charge in [-0.05, 0) is 31.4 Å². The highest BCUT2D eigenvalue weighted by Crippen LogP contribution is 2.18. The Morgan fingerprint density at radius 1 is 1.35 bits per heavy atom. The predicted octanol–water partition coefficient (Wildman–Crippen LogP) is 2.74. The molecule has 0 spiro atoms. The molecule has 1 aliphatic rings. The Hall–Kier alpha value is -0.980. The molecule has 0 unspecified atom stereocenters. The van der Waals surface area contributed by atoms with Crippen LogP contribution in [0.1, 0.15) is 19.3 Å². The maximum absolute atomic E-state index is 5.69. The third-order valence-electron chi connectivity index (χ3n) is 3.45. The van der Waals surface area contributed by atoms with Crippen LogP contribution in [0, 0.1) is 0 Å². The number of guanidine groups is 1. The molecule has 0 amide bonds. The zero-order chi connectivity index (χ0) is 13.5. The zero-order valence-corrected chi connectivity index (χ0v) is 14.5. The smallest absolute Gasteiger partial charge is 0.193 e. The summed E-state index contributed by atoms with van der Waals surface area (Å²) in [6, 6.07) is 10.5. The van der Waals surface area contributed by atoms with Gasteiger partial charge in [0, 0.05) is 20.1 Å². The average Bonchev–Trinajstić information content (AvgIpc) is 2.39. The van der Waals surface area contributed by atoms with E-state index in [0.29, 0.717) is 12.6 Å². The molecule has 1 saturated carbocycles. The van der Waals surface area contributed by atoms with E-state index in [1.54, 1.807) is 0 Å². The number of benzene rings is 1. The molecule has 0 aromatic heterocycles. The first kappa shape index (κ1) is 17.1. The van der Waals surface area contributed by atoms with Gasteiger partial charge in [0.15, 0.2) is 5.96 Å². The summed E-state index contributed by atoms with van der Waals surface area (Å²) >= 11 is 0. The van der Waals surface area contributed by atoms with Crippen LogP contribution in [-0.2, 0) is 0 Å². The van der Waals surface area contributed by atoms with Gasteiger partial charge in [0.25, 0.3) is 0 Å². The fourth-order valence-electron chi connectivity index (χ4n) is 2.00. The van der Waals surface area contributed by atoms with Crippen LogP contribution in [0.15, 0.2) is 35.3 Å². The molecule has 1 aliphatic carbocycles. The minimum atomic E-state index is 0. The summed E-state index contributed by atoms with van der Waals surface area (Å²) in [7, 11) is 3.87. The molecular formula is C15H24IN3O. The van der Waals surface area contributed by atoms with Gasteiger partial charge in [-0.25, -0.2) is 0 Å².